The van der Waals surface area contributed by atoms with E-state index in [2.05, 4.69) is 28.2 Å². The summed E-state index contributed by atoms with van der Waals surface area (Å²) in [4.78, 5) is 7.31. The van der Waals surface area contributed by atoms with Crippen molar-refractivity contribution in [3.05, 3.63) is 41.6 Å². The second-order valence-corrected chi connectivity index (χ2v) is 10.9. The fraction of sp³-hybridized carbons (Fsp3) is 0.704. The van der Waals surface area contributed by atoms with Gasteiger partial charge >= 0.3 is 6.18 Å². The molecule has 0 radical (unpaired) electrons. The molecule has 5 rings (SSSR count). The van der Waals surface area contributed by atoms with Gasteiger partial charge in [-0.1, -0.05) is 19.6 Å². The Labute approximate surface area is 196 Å². The molecular weight excluding hydrogens is 423 g/mol. The molecule has 1 aromatic carbocycles. The van der Waals surface area contributed by atoms with E-state index < -0.39 is 11.7 Å². The van der Waals surface area contributed by atoms with Gasteiger partial charge in [0.05, 0.1) is 5.56 Å². The van der Waals surface area contributed by atoms with Gasteiger partial charge in [0.2, 0.25) is 0 Å². The molecule has 1 atom stereocenters. The van der Waals surface area contributed by atoms with Gasteiger partial charge in [-0.05, 0) is 81.0 Å². The predicted octanol–water partition coefficient (Wildman–Crippen LogP) is 6.12. The second-order valence-electron chi connectivity index (χ2n) is 10.9. The van der Waals surface area contributed by atoms with Crippen molar-refractivity contribution >= 4 is 5.69 Å². The van der Waals surface area contributed by atoms with E-state index in [1.165, 1.54) is 43.6 Å². The van der Waals surface area contributed by atoms with Crippen LogP contribution >= 0.6 is 0 Å². The monoisotopic (exact) mass is 461 g/mol. The van der Waals surface area contributed by atoms with Crippen LogP contribution in [0.25, 0.3) is 0 Å². The number of piperidine rings is 2. The maximum atomic E-state index is 13.5. The number of nitrogens with zero attached hydrogens (tertiary/aromatic N) is 3. The Kier molecular flexibility index (Phi) is 6.41. The van der Waals surface area contributed by atoms with Gasteiger partial charge in [-0.3, -0.25) is 4.90 Å². The highest BCUT2D eigenvalue weighted by atomic mass is 19.4. The zero-order chi connectivity index (χ0) is 23.2. The minimum absolute atomic E-state index is 0.317. The molecule has 1 saturated carbocycles. The highest BCUT2D eigenvalue weighted by molar-refractivity contribution is 5.58. The number of benzene rings is 1. The molecule has 0 bridgehead atoms. The maximum absolute atomic E-state index is 13.5. The molecule has 0 aromatic heterocycles. The van der Waals surface area contributed by atoms with Crippen LogP contribution in [-0.2, 0) is 6.18 Å². The number of anilines is 1. The number of hydrogen-bond donors (Lipinski definition) is 0. The Bertz CT molecular complexity index is 847. The summed E-state index contributed by atoms with van der Waals surface area (Å²) in [5.41, 5.74) is 2.70. The molecule has 4 fully saturated rings. The van der Waals surface area contributed by atoms with Crippen LogP contribution in [0, 0.1) is 11.8 Å². The Balaban J connectivity index is 1.27. The van der Waals surface area contributed by atoms with Crippen molar-refractivity contribution in [1.29, 1.82) is 0 Å². The first kappa shape index (κ1) is 23.1. The van der Waals surface area contributed by atoms with Crippen LogP contribution in [-0.4, -0.2) is 55.1 Å². The molecular formula is C27H38F3N3. The van der Waals surface area contributed by atoms with Gasteiger partial charge in [-0.2, -0.15) is 13.2 Å². The smallest absolute Gasteiger partial charge is 0.375 e. The topological polar surface area (TPSA) is 9.72 Å². The molecule has 3 saturated heterocycles. The van der Waals surface area contributed by atoms with E-state index in [1.807, 2.05) is 0 Å². The molecule has 1 aromatic rings. The quantitative estimate of drug-likeness (QED) is 0.523. The Morgan fingerprint density at radius 3 is 2.24 bits per heavy atom. The van der Waals surface area contributed by atoms with E-state index in [0.29, 0.717) is 17.8 Å². The maximum Gasteiger partial charge on any atom is 0.416 e. The van der Waals surface area contributed by atoms with Gasteiger partial charge in [0.1, 0.15) is 0 Å². The van der Waals surface area contributed by atoms with Crippen molar-refractivity contribution in [3.63, 3.8) is 0 Å². The number of likely N-dealkylation sites (tertiary alicyclic amines) is 2. The fourth-order valence-electron chi connectivity index (χ4n) is 6.16. The van der Waals surface area contributed by atoms with Crippen LogP contribution in [0.1, 0.15) is 68.9 Å². The Morgan fingerprint density at radius 1 is 0.909 bits per heavy atom. The van der Waals surface area contributed by atoms with Gasteiger partial charge in [0.15, 0.2) is 0 Å². The predicted molar refractivity (Wildman–Crippen MR) is 127 cm³/mol. The third-order valence-electron chi connectivity index (χ3n) is 8.58. The van der Waals surface area contributed by atoms with E-state index in [1.54, 1.807) is 6.07 Å². The molecule has 1 aliphatic carbocycles. The summed E-state index contributed by atoms with van der Waals surface area (Å²) >= 11 is 0. The van der Waals surface area contributed by atoms with Crippen LogP contribution in [0.5, 0.6) is 0 Å². The number of rotatable bonds is 5. The lowest BCUT2D eigenvalue weighted by Gasteiger charge is -2.39. The number of hydrogen-bond acceptors (Lipinski definition) is 3. The van der Waals surface area contributed by atoms with Gasteiger partial charge in [0.25, 0.3) is 0 Å². The minimum Gasteiger partial charge on any atom is -0.375 e. The van der Waals surface area contributed by atoms with E-state index in [0.717, 1.165) is 75.7 Å². The standard InChI is InChI=1S/C27H38F3N3/c1-19-7-12-32(13-8-19)26-17-23(27(28,29)30)3-6-25(26)21-9-14-31(15-10-21)20(2)22-11-16-33(18-22)24-4-5-24/h3,6,17,19,21-22,24H,2,4-5,7-16,18H2,1H3. The van der Waals surface area contributed by atoms with Crippen molar-refractivity contribution in [2.45, 2.75) is 70.0 Å². The summed E-state index contributed by atoms with van der Waals surface area (Å²) in [6, 6.07) is 5.31. The van der Waals surface area contributed by atoms with Gasteiger partial charge < -0.3 is 9.80 Å². The minimum atomic E-state index is -4.30. The molecule has 0 spiro atoms. The zero-order valence-corrected chi connectivity index (χ0v) is 19.9. The van der Waals surface area contributed by atoms with Gasteiger partial charge in [-0.15, -0.1) is 0 Å². The van der Waals surface area contributed by atoms with Crippen molar-refractivity contribution in [3.8, 4) is 0 Å². The second kappa shape index (κ2) is 9.16. The largest absolute Gasteiger partial charge is 0.416 e. The zero-order valence-electron chi connectivity index (χ0n) is 19.9. The molecule has 3 heterocycles. The average Bonchev–Trinajstić information content (AvgIpc) is 3.55. The van der Waals surface area contributed by atoms with Crippen molar-refractivity contribution < 1.29 is 13.2 Å². The Hall–Kier alpha value is -1.69. The normalized spacial score (nSPS) is 26.2. The lowest BCUT2D eigenvalue weighted by atomic mass is 9.86. The highest BCUT2D eigenvalue weighted by Gasteiger charge is 2.37. The summed E-state index contributed by atoms with van der Waals surface area (Å²) in [6.07, 6.45) is 3.70. The van der Waals surface area contributed by atoms with Gasteiger partial charge in [0, 0.05) is 56.1 Å². The average molecular weight is 462 g/mol. The SMILES string of the molecule is C=C(C1CCN(C2CC2)C1)N1CCC(c2ccc(C(F)(F)F)cc2N2CCC(C)CC2)CC1. The molecule has 1 unspecified atom stereocenters. The van der Waals surface area contributed by atoms with Crippen LogP contribution in [0.15, 0.2) is 30.5 Å². The van der Waals surface area contributed by atoms with Crippen molar-refractivity contribution in [2.75, 3.05) is 44.2 Å². The van der Waals surface area contributed by atoms with Crippen LogP contribution in [0.2, 0.25) is 0 Å². The number of alkyl halides is 3. The Morgan fingerprint density at radius 2 is 1.61 bits per heavy atom. The summed E-state index contributed by atoms with van der Waals surface area (Å²) < 4.78 is 40.5. The first-order valence-corrected chi connectivity index (χ1v) is 12.9. The molecule has 4 aliphatic rings. The summed E-state index contributed by atoms with van der Waals surface area (Å²) in [5, 5.41) is 0. The van der Waals surface area contributed by atoms with Gasteiger partial charge in [-0.25, -0.2) is 0 Å². The van der Waals surface area contributed by atoms with Crippen LogP contribution < -0.4 is 4.90 Å². The van der Waals surface area contributed by atoms with Crippen LogP contribution in [0.3, 0.4) is 0 Å². The van der Waals surface area contributed by atoms with E-state index in [9.17, 15) is 13.2 Å². The van der Waals surface area contributed by atoms with E-state index >= 15 is 0 Å². The van der Waals surface area contributed by atoms with E-state index in [4.69, 9.17) is 0 Å². The molecule has 182 valence electrons. The van der Waals surface area contributed by atoms with Crippen molar-refractivity contribution in [2.24, 2.45) is 11.8 Å². The molecule has 0 amide bonds. The lowest BCUT2D eigenvalue weighted by molar-refractivity contribution is -0.137. The molecule has 33 heavy (non-hydrogen) atoms. The number of halogens is 3. The summed E-state index contributed by atoms with van der Waals surface area (Å²) in [7, 11) is 0. The molecule has 3 aliphatic heterocycles. The molecule has 3 nitrogen and oxygen atoms in total. The first-order chi connectivity index (χ1) is 15.8. The lowest BCUT2D eigenvalue weighted by Crippen LogP contribution is -2.37. The molecule has 0 N–H and O–H groups in total. The summed E-state index contributed by atoms with van der Waals surface area (Å²) in [6.45, 7) is 12.7. The first-order valence-electron chi connectivity index (χ1n) is 12.9. The van der Waals surface area contributed by atoms with E-state index in [-0.39, 0.29) is 0 Å². The highest BCUT2D eigenvalue weighted by Crippen LogP contribution is 2.41. The fourth-order valence-corrected chi connectivity index (χ4v) is 6.16. The van der Waals surface area contributed by atoms with Crippen molar-refractivity contribution in [1.82, 2.24) is 9.80 Å². The third-order valence-corrected chi connectivity index (χ3v) is 8.58. The van der Waals surface area contributed by atoms with Crippen LogP contribution in [0.4, 0.5) is 18.9 Å². The molecule has 6 heteroatoms. The third kappa shape index (κ3) is 5.06. The summed E-state index contributed by atoms with van der Waals surface area (Å²) in [5.74, 6) is 1.53.